The Kier molecular flexibility index (Phi) is 2.62. The lowest BCUT2D eigenvalue weighted by Gasteiger charge is -2.13. The van der Waals surface area contributed by atoms with Gasteiger partial charge in [0.2, 0.25) is 0 Å². The Bertz CT molecular complexity index is 1370. The zero-order chi connectivity index (χ0) is 34.5. The molecule has 0 radical (unpaired) electrons. The summed E-state index contributed by atoms with van der Waals surface area (Å²) in [6.07, 6.45) is -11.2. The molecule has 142 valence electrons. The highest BCUT2D eigenvalue weighted by atomic mass is 16.5. The first-order valence-corrected chi connectivity index (χ1v) is 7.47. The van der Waals surface area contributed by atoms with Crippen molar-refractivity contribution < 1.29 is 44.0 Å². The van der Waals surface area contributed by atoms with Gasteiger partial charge >= 0.3 is 0 Å². The third-order valence-electron chi connectivity index (χ3n) is 3.22. The summed E-state index contributed by atoms with van der Waals surface area (Å²) in [4.78, 5) is 0. The molecule has 4 nitrogen and oxygen atoms in total. The molecule has 1 N–H and O–H groups in total. The maximum Gasteiger partial charge on any atom is 0.160 e. The van der Waals surface area contributed by atoms with Crippen molar-refractivity contribution in [3.05, 3.63) is 52.9 Å². The highest BCUT2D eigenvalue weighted by Crippen LogP contribution is 2.28. The molecule has 0 bridgehead atoms. The van der Waals surface area contributed by atoms with E-state index in [1.807, 2.05) is 0 Å². The van der Waals surface area contributed by atoms with Gasteiger partial charge in [0.05, 0.1) is 39.4 Å². The van der Waals surface area contributed by atoms with E-state index in [1.54, 1.807) is 0 Å². The van der Waals surface area contributed by atoms with Crippen molar-refractivity contribution in [3.8, 4) is 17.2 Å². The predicted molar refractivity (Wildman–Crippen MR) is 105 cm³/mol. The lowest BCUT2D eigenvalue weighted by Crippen LogP contribution is -2.17. The Morgan fingerprint density at radius 3 is 2.69 bits per heavy atom. The van der Waals surface area contributed by atoms with Crippen LogP contribution in [0.3, 0.4) is 0 Å². The highest BCUT2D eigenvalue weighted by Gasteiger charge is 2.07. The Hall–Kier alpha value is -2.20. The van der Waals surface area contributed by atoms with E-state index in [-0.39, 0.29) is 17.2 Å². The van der Waals surface area contributed by atoms with Gasteiger partial charge in [-0.3, -0.25) is 0 Å². The quantitative estimate of drug-likeness (QED) is 0.664. The Morgan fingerprint density at radius 2 is 1.88 bits per heavy atom. The molecule has 0 fully saturated rings. The lowest BCUT2D eigenvalue weighted by molar-refractivity contribution is 0.0976. The lowest BCUT2D eigenvalue weighted by atomic mass is 10.0. The van der Waals surface area contributed by atoms with Gasteiger partial charge in [0.25, 0.3) is 0 Å². The minimum absolute atomic E-state index is 0.175. The summed E-state index contributed by atoms with van der Waals surface area (Å²) in [6.45, 7) is -0.493. The minimum atomic E-state index is -3.37. The first-order chi connectivity index (χ1) is 19.5. The molecule has 2 aromatic carbocycles. The van der Waals surface area contributed by atoms with Gasteiger partial charge in [-0.05, 0) is 73.9 Å². The van der Waals surface area contributed by atoms with E-state index < -0.39 is 105 Å². The molecule has 1 unspecified atom stereocenters. The van der Waals surface area contributed by atoms with Gasteiger partial charge in [0, 0.05) is 5.48 Å². The fourth-order valence-corrected chi connectivity index (χ4v) is 1.75. The van der Waals surface area contributed by atoms with Crippen LogP contribution in [0.2, 0.25) is 0 Å². The summed E-state index contributed by atoms with van der Waals surface area (Å²) in [5.74, 6) is -2.93. The Labute approximate surface area is 182 Å². The van der Waals surface area contributed by atoms with Gasteiger partial charge < -0.3 is 19.3 Å². The van der Waals surface area contributed by atoms with Crippen LogP contribution < -0.4 is 14.2 Å². The molecule has 0 heterocycles. The summed E-state index contributed by atoms with van der Waals surface area (Å²) in [7, 11) is -6.55. The minimum Gasteiger partial charge on any atom is -0.493 e. The maximum atomic E-state index is 10.7. The molecule has 0 amide bonds. The zero-order valence-electron chi connectivity index (χ0n) is 32.2. The molecule has 0 aliphatic rings. The summed E-state index contributed by atoms with van der Waals surface area (Å²) in [5, 5.41) is 10.7. The van der Waals surface area contributed by atoms with Gasteiger partial charge in [0.1, 0.15) is 12.3 Å². The average Bonchev–Trinajstić information content (AvgIpc) is 2.85. The number of benzene rings is 2. The molecule has 2 aromatic rings. The normalized spacial score (nSPS) is 24.6. The van der Waals surface area contributed by atoms with Crippen LogP contribution in [-0.4, -0.2) is 31.8 Å². The standard InChI is InChI=1S/C22H30O4/c1-16-9-11-20(13-17(16)2)26-15-19(23)8-6-5-7-18-10-12-21(24-3)22(14-18)25-4/h9-14,19,23H,5-8,15H2,1-4H3/i3D3,4D3,5D2,8D2,9D,10D,11D,12D,13D,14D,15D2. The van der Waals surface area contributed by atoms with E-state index in [0.29, 0.717) is 0 Å². The van der Waals surface area contributed by atoms with E-state index in [9.17, 15) is 5.11 Å². The number of aliphatic hydroxyl groups excluding tert-OH is 1. The van der Waals surface area contributed by atoms with Crippen LogP contribution in [0, 0.1) is 13.8 Å². The van der Waals surface area contributed by atoms with Crippen molar-refractivity contribution in [3.63, 3.8) is 0 Å². The molecular weight excluding hydrogens is 328 g/mol. The van der Waals surface area contributed by atoms with Crippen LogP contribution in [0.5, 0.6) is 17.2 Å². The van der Waals surface area contributed by atoms with Crippen molar-refractivity contribution in [2.45, 2.75) is 45.5 Å². The van der Waals surface area contributed by atoms with Gasteiger partial charge in [0.15, 0.2) is 11.5 Å². The van der Waals surface area contributed by atoms with Crippen molar-refractivity contribution in [2.75, 3.05) is 20.6 Å². The van der Waals surface area contributed by atoms with Crippen LogP contribution in [-0.2, 0) is 6.42 Å². The first-order valence-electron chi connectivity index (χ1n) is 16.5. The molecule has 0 aromatic heterocycles. The van der Waals surface area contributed by atoms with Crippen LogP contribution in [0.15, 0.2) is 36.3 Å². The third-order valence-corrected chi connectivity index (χ3v) is 3.22. The Balaban J connectivity index is 2.49. The second-order valence-corrected chi connectivity index (χ2v) is 5.10. The molecule has 2 rings (SSSR count). The topological polar surface area (TPSA) is 47.9 Å². The maximum absolute atomic E-state index is 10.7. The number of methoxy groups -OCH3 is 2. The van der Waals surface area contributed by atoms with E-state index >= 15 is 0 Å². The van der Waals surface area contributed by atoms with E-state index in [4.69, 9.17) is 29.4 Å². The van der Waals surface area contributed by atoms with E-state index in [0.717, 1.165) is 0 Å². The SMILES string of the molecule is [2H]c1c([2H])c(OC([2H])([2H])C(O)C([2H])([2H])CC([2H])([2H])Cc2c([2H])c([2H])c(OC([2H])([2H])[2H])c(OC([2H])([2H])[2H])c2[2H])c([2H])c(C)c1C. The fourth-order valence-electron chi connectivity index (χ4n) is 1.75. The van der Waals surface area contributed by atoms with Crippen molar-refractivity contribution in [1.29, 1.82) is 0 Å². The number of aliphatic hydroxyl groups is 1. The molecule has 4 heteroatoms. The largest absolute Gasteiger partial charge is 0.493 e. The number of hydrogen-bond acceptors (Lipinski definition) is 4. The summed E-state index contributed by atoms with van der Waals surface area (Å²) >= 11 is 0. The number of rotatable bonds is 10. The average molecular weight is 377 g/mol. The molecule has 0 spiro atoms. The molecule has 0 saturated heterocycles. The van der Waals surface area contributed by atoms with Crippen LogP contribution in [0.25, 0.3) is 0 Å². The number of hydrogen-bond donors (Lipinski definition) is 1. The van der Waals surface area contributed by atoms with Gasteiger partial charge in [-0.1, -0.05) is 18.5 Å². The molecule has 1 atom stereocenters. The second-order valence-electron chi connectivity index (χ2n) is 5.10. The van der Waals surface area contributed by atoms with Gasteiger partial charge in [-0.25, -0.2) is 0 Å². The summed E-state index contributed by atoms with van der Waals surface area (Å²) in [5.41, 5.74) is -0.271. The molecule has 0 aliphatic carbocycles. The molecular formula is C22H30O4. The third kappa shape index (κ3) is 5.95. The van der Waals surface area contributed by atoms with Crippen molar-refractivity contribution in [1.82, 2.24) is 0 Å². The van der Waals surface area contributed by atoms with E-state index in [1.165, 1.54) is 13.8 Å². The first kappa shape index (κ1) is 6.75. The molecule has 0 saturated carbocycles. The van der Waals surface area contributed by atoms with Crippen LogP contribution >= 0.6 is 0 Å². The van der Waals surface area contributed by atoms with Gasteiger partial charge in [-0.15, -0.1) is 0 Å². The smallest absolute Gasteiger partial charge is 0.160 e. The zero-order valence-corrected chi connectivity index (χ0v) is 14.2. The fraction of sp³-hybridized carbons (Fsp3) is 0.455. The predicted octanol–water partition coefficient (Wildman–Crippen LogP) is 4.47. The van der Waals surface area contributed by atoms with Crippen molar-refractivity contribution >= 4 is 0 Å². The number of ether oxygens (including phenoxy) is 3. The van der Waals surface area contributed by atoms with Gasteiger partial charge in [-0.2, -0.15) is 0 Å². The second kappa shape index (κ2) is 10.1. The van der Waals surface area contributed by atoms with E-state index in [2.05, 4.69) is 9.47 Å². The molecule has 26 heavy (non-hydrogen) atoms. The summed E-state index contributed by atoms with van der Waals surface area (Å²) < 4.78 is 156. The molecule has 0 aliphatic heterocycles. The summed E-state index contributed by atoms with van der Waals surface area (Å²) in [6, 6.07) is -4.60. The van der Waals surface area contributed by atoms with Crippen molar-refractivity contribution in [2.24, 2.45) is 0 Å². The monoisotopic (exact) mass is 376 g/mol. The van der Waals surface area contributed by atoms with Crippen LogP contribution in [0.1, 0.15) is 60.5 Å². The Morgan fingerprint density at radius 1 is 1.08 bits per heavy atom. The van der Waals surface area contributed by atoms with Crippen LogP contribution in [0.4, 0.5) is 0 Å². The highest BCUT2D eigenvalue weighted by molar-refractivity contribution is 5.42.